The van der Waals surface area contributed by atoms with Crippen LogP contribution in [0.1, 0.15) is 34.9 Å². The summed E-state index contributed by atoms with van der Waals surface area (Å²) in [5.74, 6) is -1.75. The van der Waals surface area contributed by atoms with Crippen molar-refractivity contribution in [2.45, 2.75) is 25.3 Å². The lowest BCUT2D eigenvalue weighted by atomic mass is 9.90. The molecule has 0 spiro atoms. The van der Waals surface area contributed by atoms with Gasteiger partial charge in [-0.15, -0.1) is 0 Å². The van der Waals surface area contributed by atoms with Gasteiger partial charge in [-0.2, -0.15) is 0 Å². The van der Waals surface area contributed by atoms with Crippen molar-refractivity contribution in [1.29, 1.82) is 0 Å². The maximum absolute atomic E-state index is 13.3. The van der Waals surface area contributed by atoms with Crippen molar-refractivity contribution in [3.63, 3.8) is 0 Å². The largest absolute Gasteiger partial charge is 0.347 e. The molecule has 1 amide bonds. The Balaban J connectivity index is 1.49. The summed E-state index contributed by atoms with van der Waals surface area (Å²) in [6, 6.07) is 13.8. The van der Waals surface area contributed by atoms with E-state index in [2.05, 4.69) is 9.97 Å². The van der Waals surface area contributed by atoms with Crippen molar-refractivity contribution in [3.8, 4) is 0 Å². The van der Waals surface area contributed by atoms with Crippen LogP contribution in [0.15, 0.2) is 54.9 Å². The summed E-state index contributed by atoms with van der Waals surface area (Å²) in [7, 11) is 0. The van der Waals surface area contributed by atoms with E-state index in [-0.39, 0.29) is 18.2 Å². The Kier molecular flexibility index (Phi) is 4.71. The van der Waals surface area contributed by atoms with Gasteiger partial charge in [-0.05, 0) is 29.7 Å². The molecule has 2 heterocycles. The standard InChI is InChI=1S/C21H19F2N3O/c22-17-8-6-14(10-18(17)23)7-9-20(27)26-11-16(15-4-2-1-3-5-15)21-19(12-26)24-13-25-21/h1-6,8,10,13,16H,7,9,11-12H2,(H,24,25). The number of aryl methyl sites for hydroxylation is 1. The second kappa shape index (κ2) is 7.31. The number of carbonyl (C=O) groups excluding carboxylic acids is 1. The van der Waals surface area contributed by atoms with Crippen molar-refractivity contribution in [1.82, 2.24) is 14.9 Å². The fourth-order valence-corrected chi connectivity index (χ4v) is 3.56. The van der Waals surface area contributed by atoms with E-state index in [1.165, 1.54) is 6.07 Å². The third-order valence-electron chi connectivity index (χ3n) is 5.00. The van der Waals surface area contributed by atoms with Crippen LogP contribution in [-0.4, -0.2) is 27.3 Å². The SMILES string of the molecule is O=C(CCc1ccc(F)c(F)c1)N1Cc2[nH]cnc2C(c2ccccc2)C1. The number of nitrogens with zero attached hydrogens (tertiary/aromatic N) is 2. The molecule has 4 rings (SSSR count). The Hall–Kier alpha value is -3.02. The molecule has 0 fully saturated rings. The van der Waals surface area contributed by atoms with Crippen LogP contribution in [0.5, 0.6) is 0 Å². The molecule has 4 nitrogen and oxygen atoms in total. The van der Waals surface area contributed by atoms with Crippen LogP contribution in [0.25, 0.3) is 0 Å². The number of amides is 1. The summed E-state index contributed by atoms with van der Waals surface area (Å²) in [5, 5.41) is 0. The highest BCUT2D eigenvalue weighted by Crippen LogP contribution is 2.31. The number of aromatic amines is 1. The van der Waals surface area contributed by atoms with Gasteiger partial charge in [0.2, 0.25) is 5.91 Å². The number of rotatable bonds is 4. The van der Waals surface area contributed by atoms with Crippen LogP contribution < -0.4 is 0 Å². The van der Waals surface area contributed by atoms with Crippen molar-refractivity contribution in [3.05, 3.63) is 89.0 Å². The van der Waals surface area contributed by atoms with E-state index < -0.39 is 11.6 Å². The smallest absolute Gasteiger partial charge is 0.223 e. The van der Waals surface area contributed by atoms with E-state index in [0.717, 1.165) is 29.1 Å². The first-order valence-corrected chi connectivity index (χ1v) is 8.90. The zero-order chi connectivity index (χ0) is 18.8. The normalized spacial score (nSPS) is 16.2. The zero-order valence-corrected chi connectivity index (χ0v) is 14.7. The van der Waals surface area contributed by atoms with Crippen molar-refractivity contribution in [2.24, 2.45) is 0 Å². The van der Waals surface area contributed by atoms with Crippen molar-refractivity contribution >= 4 is 5.91 Å². The second-order valence-electron chi connectivity index (χ2n) is 6.75. The molecule has 1 unspecified atom stereocenters. The number of benzene rings is 2. The van der Waals surface area contributed by atoms with Gasteiger partial charge in [-0.3, -0.25) is 4.79 Å². The Labute approximate surface area is 155 Å². The number of imidazole rings is 1. The van der Waals surface area contributed by atoms with E-state index in [0.29, 0.717) is 25.1 Å². The molecule has 2 aromatic carbocycles. The van der Waals surface area contributed by atoms with Crippen molar-refractivity contribution < 1.29 is 13.6 Å². The predicted molar refractivity (Wildman–Crippen MR) is 97.0 cm³/mol. The molecule has 0 radical (unpaired) electrons. The first-order chi connectivity index (χ1) is 13.1. The van der Waals surface area contributed by atoms with Gasteiger partial charge in [0, 0.05) is 18.9 Å². The van der Waals surface area contributed by atoms with Crippen LogP contribution in [0.4, 0.5) is 8.78 Å². The summed E-state index contributed by atoms with van der Waals surface area (Å²) < 4.78 is 26.4. The third kappa shape index (κ3) is 3.60. The average molecular weight is 367 g/mol. The highest BCUT2D eigenvalue weighted by Gasteiger charge is 2.31. The number of hydrogen-bond acceptors (Lipinski definition) is 2. The number of H-pyrrole nitrogens is 1. The Morgan fingerprint density at radius 2 is 1.96 bits per heavy atom. The number of halogens is 2. The lowest BCUT2D eigenvalue weighted by Gasteiger charge is -2.32. The van der Waals surface area contributed by atoms with Gasteiger partial charge in [-0.25, -0.2) is 13.8 Å². The van der Waals surface area contributed by atoms with E-state index in [4.69, 9.17) is 0 Å². The first-order valence-electron chi connectivity index (χ1n) is 8.90. The van der Waals surface area contributed by atoms with Gasteiger partial charge < -0.3 is 9.88 Å². The minimum absolute atomic E-state index is 0.0130. The van der Waals surface area contributed by atoms with Gasteiger partial charge in [0.05, 0.1) is 24.3 Å². The van der Waals surface area contributed by atoms with Gasteiger partial charge >= 0.3 is 0 Å². The highest BCUT2D eigenvalue weighted by atomic mass is 19.2. The van der Waals surface area contributed by atoms with Crippen LogP contribution in [0, 0.1) is 11.6 Å². The third-order valence-corrected chi connectivity index (χ3v) is 5.00. The van der Waals surface area contributed by atoms with Gasteiger partial charge in [0.25, 0.3) is 0 Å². The Morgan fingerprint density at radius 1 is 1.15 bits per heavy atom. The number of fused-ring (bicyclic) bond motifs is 1. The van der Waals surface area contributed by atoms with Crippen LogP contribution >= 0.6 is 0 Å². The summed E-state index contributed by atoms with van der Waals surface area (Å²) in [5.41, 5.74) is 3.65. The minimum atomic E-state index is -0.885. The van der Waals surface area contributed by atoms with Crippen molar-refractivity contribution in [2.75, 3.05) is 6.54 Å². The molecule has 3 aromatic rings. The summed E-state index contributed by atoms with van der Waals surface area (Å²) in [4.78, 5) is 22.1. The van der Waals surface area contributed by atoms with E-state index in [1.807, 2.05) is 30.3 Å². The van der Waals surface area contributed by atoms with Crippen LogP contribution in [-0.2, 0) is 17.8 Å². The first kappa shape index (κ1) is 17.4. The molecule has 6 heteroatoms. The number of aromatic nitrogens is 2. The maximum Gasteiger partial charge on any atom is 0.223 e. The van der Waals surface area contributed by atoms with E-state index >= 15 is 0 Å². The number of carbonyl (C=O) groups is 1. The fraction of sp³-hybridized carbons (Fsp3) is 0.238. The number of nitrogens with one attached hydrogen (secondary N) is 1. The minimum Gasteiger partial charge on any atom is -0.347 e. The fourth-order valence-electron chi connectivity index (χ4n) is 3.56. The molecule has 0 saturated carbocycles. The molecule has 0 aliphatic carbocycles. The molecule has 1 N–H and O–H groups in total. The topological polar surface area (TPSA) is 49.0 Å². The molecule has 0 bridgehead atoms. The van der Waals surface area contributed by atoms with E-state index in [1.54, 1.807) is 11.2 Å². The quantitative estimate of drug-likeness (QED) is 0.763. The predicted octanol–water partition coefficient (Wildman–Crippen LogP) is 3.79. The molecule has 1 aliphatic rings. The zero-order valence-electron chi connectivity index (χ0n) is 14.7. The Bertz CT molecular complexity index is 955. The van der Waals surface area contributed by atoms with Gasteiger partial charge in [-0.1, -0.05) is 36.4 Å². The Morgan fingerprint density at radius 3 is 2.74 bits per heavy atom. The summed E-state index contributed by atoms with van der Waals surface area (Å²) in [6.07, 6.45) is 2.28. The molecule has 1 atom stereocenters. The lowest BCUT2D eigenvalue weighted by Crippen LogP contribution is -2.38. The highest BCUT2D eigenvalue weighted by molar-refractivity contribution is 5.77. The average Bonchev–Trinajstić information content (AvgIpc) is 3.17. The molecule has 27 heavy (non-hydrogen) atoms. The van der Waals surface area contributed by atoms with Gasteiger partial charge in [0.15, 0.2) is 11.6 Å². The van der Waals surface area contributed by atoms with Crippen LogP contribution in [0.3, 0.4) is 0 Å². The molecular weight excluding hydrogens is 348 g/mol. The summed E-state index contributed by atoms with van der Waals surface area (Å²) >= 11 is 0. The monoisotopic (exact) mass is 367 g/mol. The lowest BCUT2D eigenvalue weighted by molar-refractivity contribution is -0.132. The molecular formula is C21H19F2N3O. The molecule has 1 aromatic heterocycles. The second-order valence-corrected chi connectivity index (χ2v) is 6.75. The maximum atomic E-state index is 13.3. The summed E-state index contributed by atoms with van der Waals surface area (Å²) in [6.45, 7) is 1.04. The van der Waals surface area contributed by atoms with Crippen LogP contribution in [0.2, 0.25) is 0 Å². The number of hydrogen-bond donors (Lipinski definition) is 1. The molecule has 0 saturated heterocycles. The molecule has 1 aliphatic heterocycles. The molecule has 138 valence electrons. The van der Waals surface area contributed by atoms with E-state index in [9.17, 15) is 13.6 Å². The van der Waals surface area contributed by atoms with Gasteiger partial charge in [0.1, 0.15) is 0 Å².